The van der Waals surface area contributed by atoms with Crippen LogP contribution >= 0.6 is 11.3 Å². The van der Waals surface area contributed by atoms with E-state index >= 15 is 0 Å². The summed E-state index contributed by atoms with van der Waals surface area (Å²) >= 11 is 1.44. The lowest BCUT2D eigenvalue weighted by Crippen LogP contribution is -2.08. The molecule has 0 saturated heterocycles. The molecule has 178 valence electrons. The second kappa shape index (κ2) is 9.89. The summed E-state index contributed by atoms with van der Waals surface area (Å²) in [4.78, 5) is 17.8. The van der Waals surface area contributed by atoms with Crippen molar-refractivity contribution < 1.29 is 32.2 Å². The molecular formula is C25H22F3NO4S. The summed E-state index contributed by atoms with van der Waals surface area (Å²) in [6.45, 7) is 0.143. The van der Waals surface area contributed by atoms with Gasteiger partial charge in [0, 0.05) is 5.56 Å². The molecule has 5 nitrogen and oxygen atoms in total. The number of hydrogen-bond donors (Lipinski definition) is 0. The SMILES string of the molecule is COC=C(C(=O)OC)c1ccccc1COc1nc(-c2ccc(C(F)(F)F)cc2)sc1C1CC1. The fourth-order valence-corrected chi connectivity index (χ4v) is 4.64. The standard InChI is InChI=1S/C25H22F3NO4S/c1-31-14-20(24(30)32-2)19-6-4-3-5-17(19)13-33-22-21(15-7-8-15)34-23(29-22)16-9-11-18(12-10-16)25(26,27)28/h3-6,9-12,14-15H,7-8,13H2,1-2H3. The minimum absolute atomic E-state index is 0.143. The smallest absolute Gasteiger partial charge is 0.416 e. The van der Waals surface area contributed by atoms with Crippen LogP contribution in [0.5, 0.6) is 5.88 Å². The van der Waals surface area contributed by atoms with Gasteiger partial charge in [-0.25, -0.2) is 9.78 Å². The largest absolute Gasteiger partial charge is 0.503 e. The number of benzene rings is 2. The Morgan fingerprint density at radius 1 is 1.12 bits per heavy atom. The topological polar surface area (TPSA) is 57.7 Å². The number of carbonyl (C=O) groups is 1. The van der Waals surface area contributed by atoms with Crippen LogP contribution in [0.3, 0.4) is 0 Å². The minimum Gasteiger partial charge on any atom is -0.503 e. The lowest BCUT2D eigenvalue weighted by molar-refractivity contribution is -0.137. The quantitative estimate of drug-likeness (QED) is 0.207. The van der Waals surface area contributed by atoms with Gasteiger partial charge in [-0.1, -0.05) is 36.4 Å². The van der Waals surface area contributed by atoms with E-state index in [4.69, 9.17) is 14.2 Å². The molecule has 0 unspecified atom stereocenters. The maximum absolute atomic E-state index is 12.9. The van der Waals surface area contributed by atoms with E-state index in [-0.39, 0.29) is 12.2 Å². The Kier molecular flexibility index (Phi) is 6.92. The van der Waals surface area contributed by atoms with E-state index in [1.54, 1.807) is 12.1 Å². The van der Waals surface area contributed by atoms with Gasteiger partial charge in [0.15, 0.2) is 0 Å². The third-order valence-corrected chi connectivity index (χ3v) is 6.59. The number of esters is 1. The molecule has 2 aromatic carbocycles. The summed E-state index contributed by atoms with van der Waals surface area (Å²) in [5.41, 5.74) is 1.51. The van der Waals surface area contributed by atoms with E-state index in [1.165, 1.54) is 44.0 Å². The normalized spacial score (nSPS) is 14.1. The molecule has 1 aliphatic carbocycles. The fourth-order valence-electron chi connectivity index (χ4n) is 3.45. The highest BCUT2D eigenvalue weighted by Gasteiger charge is 2.32. The molecule has 1 aliphatic rings. The van der Waals surface area contributed by atoms with Gasteiger partial charge in [0.05, 0.1) is 30.9 Å². The zero-order valence-electron chi connectivity index (χ0n) is 18.5. The number of rotatable bonds is 8. The van der Waals surface area contributed by atoms with Gasteiger partial charge >= 0.3 is 12.1 Å². The van der Waals surface area contributed by atoms with Gasteiger partial charge in [-0.3, -0.25) is 0 Å². The Hall–Kier alpha value is -3.33. The van der Waals surface area contributed by atoms with Crippen LogP contribution in [0.1, 0.15) is 40.3 Å². The highest BCUT2D eigenvalue weighted by molar-refractivity contribution is 7.15. The number of methoxy groups -OCH3 is 2. The van der Waals surface area contributed by atoms with Crippen molar-refractivity contribution in [2.45, 2.75) is 31.5 Å². The van der Waals surface area contributed by atoms with Crippen molar-refractivity contribution in [3.05, 3.63) is 76.4 Å². The molecule has 1 aromatic heterocycles. The molecule has 0 radical (unpaired) electrons. The van der Waals surface area contributed by atoms with E-state index in [0.29, 0.717) is 27.9 Å². The first-order chi connectivity index (χ1) is 16.3. The minimum atomic E-state index is -4.39. The first-order valence-corrected chi connectivity index (χ1v) is 11.3. The first-order valence-electron chi connectivity index (χ1n) is 10.5. The van der Waals surface area contributed by atoms with Gasteiger partial charge in [0.1, 0.15) is 17.2 Å². The van der Waals surface area contributed by atoms with Gasteiger partial charge in [0.2, 0.25) is 5.88 Å². The second-order valence-corrected chi connectivity index (χ2v) is 8.77. The summed E-state index contributed by atoms with van der Waals surface area (Å²) in [5.74, 6) is 0.267. The van der Waals surface area contributed by atoms with Crippen LogP contribution in [0, 0.1) is 0 Å². The molecule has 4 rings (SSSR count). The van der Waals surface area contributed by atoms with Gasteiger partial charge in [-0.15, -0.1) is 11.3 Å². The lowest BCUT2D eigenvalue weighted by Gasteiger charge is -2.12. The van der Waals surface area contributed by atoms with E-state index in [1.807, 2.05) is 12.1 Å². The average molecular weight is 490 g/mol. The van der Waals surface area contributed by atoms with E-state index in [9.17, 15) is 18.0 Å². The summed E-state index contributed by atoms with van der Waals surface area (Å²) in [5, 5.41) is 0.605. The Bertz CT molecular complexity index is 1200. The van der Waals surface area contributed by atoms with Crippen LogP contribution in [0.4, 0.5) is 13.2 Å². The first kappa shape index (κ1) is 23.8. The number of alkyl halides is 3. The van der Waals surface area contributed by atoms with Gasteiger partial charge in [-0.05, 0) is 42.0 Å². The van der Waals surface area contributed by atoms with Crippen molar-refractivity contribution in [3.63, 3.8) is 0 Å². The molecule has 1 saturated carbocycles. The molecule has 34 heavy (non-hydrogen) atoms. The van der Waals surface area contributed by atoms with Crippen molar-refractivity contribution in [3.8, 4) is 16.5 Å². The van der Waals surface area contributed by atoms with Gasteiger partial charge < -0.3 is 14.2 Å². The molecule has 0 aliphatic heterocycles. The lowest BCUT2D eigenvalue weighted by atomic mass is 10.0. The number of ether oxygens (including phenoxy) is 3. The molecule has 0 bridgehead atoms. The monoisotopic (exact) mass is 489 g/mol. The molecular weight excluding hydrogens is 467 g/mol. The molecule has 0 atom stereocenters. The van der Waals surface area contributed by atoms with Crippen molar-refractivity contribution in [2.24, 2.45) is 0 Å². The Labute approximate surface area is 198 Å². The van der Waals surface area contributed by atoms with E-state index in [0.717, 1.165) is 35.4 Å². The Balaban J connectivity index is 1.60. The third-order valence-electron chi connectivity index (χ3n) is 5.34. The number of hydrogen-bond acceptors (Lipinski definition) is 6. The van der Waals surface area contributed by atoms with Crippen molar-refractivity contribution in [1.29, 1.82) is 0 Å². The predicted molar refractivity (Wildman–Crippen MR) is 122 cm³/mol. The molecule has 1 fully saturated rings. The average Bonchev–Trinajstić information content (AvgIpc) is 3.59. The van der Waals surface area contributed by atoms with Crippen molar-refractivity contribution >= 4 is 22.9 Å². The van der Waals surface area contributed by atoms with Crippen LogP contribution in [0.15, 0.2) is 54.8 Å². The summed E-state index contributed by atoms with van der Waals surface area (Å²) < 4.78 is 54.7. The third kappa shape index (κ3) is 5.25. The fraction of sp³-hybridized carbons (Fsp3) is 0.280. The van der Waals surface area contributed by atoms with Crippen LogP contribution in [0.25, 0.3) is 16.1 Å². The Morgan fingerprint density at radius 2 is 1.82 bits per heavy atom. The highest BCUT2D eigenvalue weighted by Crippen LogP contribution is 2.49. The summed E-state index contributed by atoms with van der Waals surface area (Å²) in [7, 11) is 2.74. The summed E-state index contributed by atoms with van der Waals surface area (Å²) in [6.07, 6.45) is -1.02. The molecule has 9 heteroatoms. The van der Waals surface area contributed by atoms with Gasteiger partial charge in [-0.2, -0.15) is 13.2 Å². The maximum atomic E-state index is 12.9. The van der Waals surface area contributed by atoms with Crippen LogP contribution in [-0.4, -0.2) is 25.2 Å². The highest BCUT2D eigenvalue weighted by atomic mass is 32.1. The number of nitrogens with zero attached hydrogens (tertiary/aromatic N) is 1. The number of halogens is 3. The van der Waals surface area contributed by atoms with Gasteiger partial charge in [0.25, 0.3) is 0 Å². The molecule has 0 spiro atoms. The summed E-state index contributed by atoms with van der Waals surface area (Å²) in [6, 6.07) is 12.2. The predicted octanol–water partition coefficient (Wildman–Crippen LogP) is 6.45. The second-order valence-electron chi connectivity index (χ2n) is 7.74. The van der Waals surface area contributed by atoms with Crippen LogP contribution in [0.2, 0.25) is 0 Å². The zero-order valence-corrected chi connectivity index (χ0v) is 19.3. The van der Waals surface area contributed by atoms with Crippen LogP contribution in [-0.2, 0) is 27.1 Å². The van der Waals surface area contributed by atoms with Crippen molar-refractivity contribution in [2.75, 3.05) is 14.2 Å². The number of carbonyl (C=O) groups excluding carboxylic acids is 1. The maximum Gasteiger partial charge on any atom is 0.416 e. The number of aromatic nitrogens is 1. The van der Waals surface area contributed by atoms with E-state index in [2.05, 4.69) is 4.98 Å². The Morgan fingerprint density at radius 3 is 2.44 bits per heavy atom. The van der Waals surface area contributed by atoms with Crippen molar-refractivity contribution in [1.82, 2.24) is 4.98 Å². The molecule has 3 aromatic rings. The molecule has 0 amide bonds. The van der Waals surface area contributed by atoms with Crippen LogP contribution < -0.4 is 4.74 Å². The zero-order chi connectivity index (χ0) is 24.3. The molecule has 1 heterocycles. The van der Waals surface area contributed by atoms with E-state index < -0.39 is 17.7 Å². The molecule has 0 N–H and O–H groups in total. The number of thiazole rings is 1.